The van der Waals surface area contributed by atoms with E-state index in [0.29, 0.717) is 18.2 Å². The van der Waals surface area contributed by atoms with E-state index < -0.39 is 5.97 Å². The van der Waals surface area contributed by atoms with E-state index in [9.17, 15) is 4.79 Å². The first-order chi connectivity index (χ1) is 9.20. The second kappa shape index (κ2) is 5.81. The van der Waals surface area contributed by atoms with Crippen LogP contribution in [0.1, 0.15) is 17.4 Å². The molecule has 2 aromatic rings. The second-order valence-electron chi connectivity index (χ2n) is 3.66. The lowest BCUT2D eigenvalue weighted by Gasteiger charge is -2.11. The Morgan fingerprint density at radius 2 is 2.05 bits per heavy atom. The first-order valence-electron chi connectivity index (χ1n) is 5.76. The lowest BCUT2D eigenvalue weighted by molar-refractivity contribution is 0.0689. The van der Waals surface area contributed by atoms with Crippen LogP contribution in [0.3, 0.4) is 0 Å². The Balaban J connectivity index is 2.19. The van der Waals surface area contributed by atoms with Gasteiger partial charge in [-0.25, -0.2) is 4.79 Å². The number of hydrogen-bond acceptors (Lipinski definition) is 5. The monoisotopic (exact) mass is 259 g/mol. The van der Waals surface area contributed by atoms with Gasteiger partial charge in [-0.1, -0.05) is 12.1 Å². The number of carboxylic acids is 1. The summed E-state index contributed by atoms with van der Waals surface area (Å²) in [6, 6.07) is 10.4. The second-order valence-corrected chi connectivity index (χ2v) is 3.66. The molecule has 0 radical (unpaired) electrons. The van der Waals surface area contributed by atoms with Gasteiger partial charge >= 0.3 is 5.97 Å². The van der Waals surface area contributed by atoms with Crippen molar-refractivity contribution in [3.05, 3.63) is 42.1 Å². The van der Waals surface area contributed by atoms with Gasteiger partial charge in [0.1, 0.15) is 5.75 Å². The quantitative estimate of drug-likeness (QED) is 0.857. The van der Waals surface area contributed by atoms with E-state index in [2.05, 4.69) is 15.5 Å². The highest BCUT2D eigenvalue weighted by atomic mass is 16.5. The molecule has 0 saturated carbocycles. The molecule has 1 heterocycles. The number of nitrogens with zero attached hydrogens (tertiary/aromatic N) is 2. The van der Waals surface area contributed by atoms with Crippen molar-refractivity contribution >= 4 is 17.5 Å². The fourth-order valence-corrected chi connectivity index (χ4v) is 1.50. The molecule has 6 heteroatoms. The molecule has 1 aromatic heterocycles. The van der Waals surface area contributed by atoms with Gasteiger partial charge < -0.3 is 15.2 Å². The number of nitrogens with one attached hydrogen (secondary N) is 1. The minimum absolute atomic E-state index is 0.0938. The first kappa shape index (κ1) is 12.8. The zero-order valence-corrected chi connectivity index (χ0v) is 10.3. The van der Waals surface area contributed by atoms with Crippen molar-refractivity contribution in [1.29, 1.82) is 0 Å². The maximum Gasteiger partial charge on any atom is 0.356 e. The molecule has 0 aliphatic rings. The highest BCUT2D eigenvalue weighted by Gasteiger charge is 2.07. The van der Waals surface area contributed by atoms with Crippen molar-refractivity contribution in [2.24, 2.45) is 0 Å². The highest BCUT2D eigenvalue weighted by Crippen LogP contribution is 2.26. The van der Waals surface area contributed by atoms with Gasteiger partial charge in [0.05, 0.1) is 12.3 Å². The average molecular weight is 259 g/mol. The van der Waals surface area contributed by atoms with Crippen molar-refractivity contribution in [1.82, 2.24) is 10.2 Å². The zero-order chi connectivity index (χ0) is 13.7. The van der Waals surface area contributed by atoms with E-state index in [0.717, 1.165) is 5.69 Å². The summed E-state index contributed by atoms with van der Waals surface area (Å²) in [7, 11) is 0. The predicted octanol–water partition coefficient (Wildman–Crippen LogP) is 2.32. The first-order valence-corrected chi connectivity index (χ1v) is 5.76. The van der Waals surface area contributed by atoms with Crippen LogP contribution >= 0.6 is 0 Å². The van der Waals surface area contributed by atoms with Gasteiger partial charge in [0, 0.05) is 0 Å². The number of ether oxygens (including phenoxy) is 1. The summed E-state index contributed by atoms with van der Waals surface area (Å²) in [5.41, 5.74) is 0.658. The minimum Gasteiger partial charge on any atom is -0.492 e. The van der Waals surface area contributed by atoms with E-state index in [1.165, 1.54) is 6.07 Å². The highest BCUT2D eigenvalue weighted by molar-refractivity contribution is 5.85. The Labute approximate surface area is 110 Å². The Hall–Kier alpha value is -2.63. The van der Waals surface area contributed by atoms with Gasteiger partial charge in [-0.05, 0) is 31.2 Å². The van der Waals surface area contributed by atoms with Crippen molar-refractivity contribution in [3.8, 4) is 5.75 Å². The number of para-hydroxylation sites is 2. The van der Waals surface area contributed by atoms with Crippen molar-refractivity contribution in [2.45, 2.75) is 6.92 Å². The van der Waals surface area contributed by atoms with E-state index in [1.54, 1.807) is 6.07 Å². The number of aromatic carboxylic acids is 1. The van der Waals surface area contributed by atoms with Crippen LogP contribution in [0.5, 0.6) is 5.75 Å². The Bertz CT molecular complexity index is 570. The number of carbonyl (C=O) groups is 1. The molecule has 0 aliphatic carbocycles. The minimum atomic E-state index is -1.10. The third-order valence-electron chi connectivity index (χ3n) is 2.33. The van der Waals surface area contributed by atoms with Gasteiger partial charge in [0.2, 0.25) is 0 Å². The van der Waals surface area contributed by atoms with E-state index in [4.69, 9.17) is 9.84 Å². The van der Waals surface area contributed by atoms with Gasteiger partial charge in [-0.3, -0.25) is 0 Å². The smallest absolute Gasteiger partial charge is 0.356 e. The average Bonchev–Trinajstić information content (AvgIpc) is 2.42. The maximum atomic E-state index is 10.7. The summed E-state index contributed by atoms with van der Waals surface area (Å²) in [5, 5.41) is 19.2. The number of benzene rings is 1. The zero-order valence-electron chi connectivity index (χ0n) is 10.3. The number of anilines is 2. The molecule has 2 rings (SSSR count). The summed E-state index contributed by atoms with van der Waals surface area (Å²) in [6.07, 6.45) is 0. The molecule has 0 atom stereocenters. The summed E-state index contributed by atoms with van der Waals surface area (Å²) in [5.74, 6) is 0.0556. The topological polar surface area (TPSA) is 84.3 Å². The van der Waals surface area contributed by atoms with E-state index in [1.807, 2.05) is 31.2 Å². The number of hydrogen-bond donors (Lipinski definition) is 2. The predicted molar refractivity (Wildman–Crippen MR) is 69.9 cm³/mol. The molecule has 0 amide bonds. The summed E-state index contributed by atoms with van der Waals surface area (Å²) in [6.45, 7) is 2.46. The van der Waals surface area contributed by atoms with Crippen LogP contribution in [0.25, 0.3) is 0 Å². The molecule has 6 nitrogen and oxygen atoms in total. The SMILES string of the molecule is CCOc1ccccc1Nc1ccc(C(=O)O)nn1. The number of rotatable bonds is 5. The molecular weight excluding hydrogens is 246 g/mol. The Morgan fingerprint density at radius 1 is 1.26 bits per heavy atom. The largest absolute Gasteiger partial charge is 0.492 e. The molecule has 0 aliphatic heterocycles. The van der Waals surface area contributed by atoms with Crippen molar-refractivity contribution in [3.63, 3.8) is 0 Å². The molecule has 2 N–H and O–H groups in total. The van der Waals surface area contributed by atoms with E-state index in [-0.39, 0.29) is 5.69 Å². The van der Waals surface area contributed by atoms with Gasteiger partial charge in [-0.2, -0.15) is 0 Å². The molecule has 0 bridgehead atoms. The lowest BCUT2D eigenvalue weighted by Crippen LogP contribution is -2.04. The van der Waals surface area contributed by atoms with Crippen LogP contribution in [-0.2, 0) is 0 Å². The molecule has 98 valence electrons. The van der Waals surface area contributed by atoms with Crippen LogP contribution in [0.2, 0.25) is 0 Å². The van der Waals surface area contributed by atoms with Crippen molar-refractivity contribution in [2.75, 3.05) is 11.9 Å². The van der Waals surface area contributed by atoms with Gasteiger partial charge in [0.25, 0.3) is 0 Å². The van der Waals surface area contributed by atoms with Gasteiger partial charge in [0.15, 0.2) is 11.5 Å². The number of carboxylic acid groups (broad SMARTS) is 1. The van der Waals surface area contributed by atoms with Gasteiger partial charge in [-0.15, -0.1) is 10.2 Å². The van der Waals surface area contributed by atoms with Crippen LogP contribution in [-0.4, -0.2) is 27.9 Å². The Kier molecular flexibility index (Phi) is 3.92. The van der Waals surface area contributed by atoms with Crippen LogP contribution in [0.4, 0.5) is 11.5 Å². The molecule has 1 aromatic carbocycles. The molecule has 19 heavy (non-hydrogen) atoms. The normalized spacial score (nSPS) is 9.95. The molecule has 0 fully saturated rings. The van der Waals surface area contributed by atoms with Crippen molar-refractivity contribution < 1.29 is 14.6 Å². The van der Waals surface area contributed by atoms with Crippen LogP contribution in [0, 0.1) is 0 Å². The third kappa shape index (κ3) is 3.19. The standard InChI is InChI=1S/C13H13N3O3/c1-2-19-11-6-4-3-5-9(11)14-12-8-7-10(13(17)18)15-16-12/h3-8H,2H2,1H3,(H,14,16)(H,17,18). The maximum absolute atomic E-state index is 10.7. The summed E-state index contributed by atoms with van der Waals surface area (Å²) >= 11 is 0. The molecule has 0 unspecified atom stereocenters. The molecular formula is C13H13N3O3. The lowest BCUT2D eigenvalue weighted by atomic mass is 10.3. The molecule has 0 saturated heterocycles. The number of aromatic nitrogens is 2. The van der Waals surface area contributed by atoms with E-state index >= 15 is 0 Å². The molecule has 0 spiro atoms. The van der Waals surface area contributed by atoms with Crippen LogP contribution in [0.15, 0.2) is 36.4 Å². The third-order valence-corrected chi connectivity index (χ3v) is 2.33. The van der Waals surface area contributed by atoms with Crippen LogP contribution < -0.4 is 10.1 Å². The fraction of sp³-hybridized carbons (Fsp3) is 0.154. The fourth-order valence-electron chi connectivity index (χ4n) is 1.50. The summed E-state index contributed by atoms with van der Waals surface area (Å²) < 4.78 is 5.47. The Morgan fingerprint density at radius 3 is 2.68 bits per heavy atom. The summed E-state index contributed by atoms with van der Waals surface area (Å²) in [4.78, 5) is 10.7.